The number of benzene rings is 2. The second kappa shape index (κ2) is 7.76. The molecule has 1 amide bonds. The van der Waals surface area contributed by atoms with Crippen LogP contribution in [0, 0.1) is 0 Å². The van der Waals surface area contributed by atoms with Crippen LogP contribution in [0.15, 0.2) is 54.6 Å². The molecule has 1 heterocycles. The van der Waals surface area contributed by atoms with Gasteiger partial charge in [0.15, 0.2) is 17.6 Å². The first kappa shape index (κ1) is 19.1. The molecule has 2 N–H and O–H groups in total. The summed E-state index contributed by atoms with van der Waals surface area (Å²) in [5.74, 6) is 1.28. The maximum Gasteiger partial charge on any atom is 0.246 e. The summed E-state index contributed by atoms with van der Waals surface area (Å²) in [5.41, 5.74) is 6.01. The zero-order valence-electron chi connectivity index (χ0n) is 14.3. The number of hydrogen-bond donors (Lipinski definition) is 1. The highest BCUT2D eigenvalue weighted by atomic mass is 35.5. The highest BCUT2D eigenvalue weighted by molar-refractivity contribution is 5.87. The molecule has 1 aliphatic heterocycles. The molecule has 25 heavy (non-hydrogen) atoms. The molecule has 2 aromatic carbocycles. The minimum atomic E-state index is -1.08. The largest absolute Gasteiger partial charge is 0.486 e. The van der Waals surface area contributed by atoms with Crippen LogP contribution in [-0.2, 0) is 10.3 Å². The van der Waals surface area contributed by atoms with Crippen molar-refractivity contribution in [1.29, 1.82) is 0 Å². The number of hydrogen-bond acceptors (Lipinski definition) is 4. The van der Waals surface area contributed by atoms with Crippen molar-refractivity contribution in [2.45, 2.75) is 18.6 Å². The van der Waals surface area contributed by atoms with Gasteiger partial charge in [-0.05, 0) is 24.6 Å². The van der Waals surface area contributed by atoms with E-state index in [9.17, 15) is 4.79 Å². The van der Waals surface area contributed by atoms with Crippen molar-refractivity contribution in [3.63, 3.8) is 0 Å². The zero-order valence-corrected chi connectivity index (χ0v) is 15.2. The molecule has 6 heteroatoms. The predicted octanol–water partition coefficient (Wildman–Crippen LogP) is 2.58. The summed E-state index contributed by atoms with van der Waals surface area (Å²) in [6, 6.07) is 16.9. The highest BCUT2D eigenvalue weighted by Crippen LogP contribution is 2.31. The van der Waals surface area contributed by atoms with Crippen molar-refractivity contribution in [3.8, 4) is 11.5 Å². The van der Waals surface area contributed by atoms with Gasteiger partial charge in [-0.1, -0.05) is 42.5 Å². The quantitative estimate of drug-likeness (QED) is 0.907. The Morgan fingerprint density at radius 2 is 1.76 bits per heavy atom. The lowest BCUT2D eigenvalue weighted by Gasteiger charge is -2.33. The normalized spacial score (nSPS) is 17.8. The van der Waals surface area contributed by atoms with Gasteiger partial charge in [-0.15, -0.1) is 12.4 Å². The number of likely N-dealkylation sites (N-methyl/N-ethyl adjacent to an activating group) is 1. The number of amides is 1. The number of carbonyl (C=O) groups excluding carboxylic acids is 1. The Labute approximate surface area is 154 Å². The lowest BCUT2D eigenvalue weighted by molar-refractivity contribution is -0.136. The fourth-order valence-corrected chi connectivity index (χ4v) is 2.85. The van der Waals surface area contributed by atoms with Crippen LogP contribution in [0.5, 0.6) is 11.5 Å². The van der Waals surface area contributed by atoms with Gasteiger partial charge in [-0.3, -0.25) is 4.79 Å². The van der Waals surface area contributed by atoms with Crippen molar-refractivity contribution in [3.05, 3.63) is 60.2 Å². The second-order valence-corrected chi connectivity index (χ2v) is 6.25. The van der Waals surface area contributed by atoms with E-state index in [2.05, 4.69) is 0 Å². The van der Waals surface area contributed by atoms with E-state index in [1.165, 1.54) is 0 Å². The summed E-state index contributed by atoms with van der Waals surface area (Å²) in [7, 11) is 1.74. The molecule has 2 unspecified atom stereocenters. The Hall–Kier alpha value is -2.24. The molecule has 0 spiro atoms. The fourth-order valence-electron chi connectivity index (χ4n) is 2.85. The molecule has 5 nitrogen and oxygen atoms in total. The molecule has 0 saturated heterocycles. The fraction of sp³-hybridized carbons (Fsp3) is 0.316. The second-order valence-electron chi connectivity index (χ2n) is 6.25. The van der Waals surface area contributed by atoms with E-state index in [1.54, 1.807) is 18.9 Å². The van der Waals surface area contributed by atoms with Gasteiger partial charge >= 0.3 is 0 Å². The molecule has 0 aliphatic carbocycles. The average molecular weight is 363 g/mol. The number of rotatable bonds is 4. The lowest BCUT2D eigenvalue weighted by atomic mass is 9.91. The van der Waals surface area contributed by atoms with Crippen LogP contribution in [0.2, 0.25) is 0 Å². The number of fused-ring (bicyclic) bond motifs is 1. The maximum atomic E-state index is 12.8. The van der Waals surface area contributed by atoms with Gasteiger partial charge in [0.1, 0.15) is 12.1 Å². The standard InChI is InChI=1S/C19H22N2O3.ClH/c1-19(20,14-8-4-3-5-9-14)18(22)21(2)12-15-13-23-16-10-6-7-11-17(16)24-15;/h3-11,15H,12-13,20H2,1-2H3;1H. The SMILES string of the molecule is CN(CC1COc2ccccc2O1)C(=O)C(C)(N)c1ccccc1.Cl. The van der Waals surface area contributed by atoms with Gasteiger partial charge in [0.2, 0.25) is 5.91 Å². The third kappa shape index (κ3) is 4.06. The minimum Gasteiger partial charge on any atom is -0.486 e. The summed E-state index contributed by atoms with van der Waals surface area (Å²) in [4.78, 5) is 14.4. The van der Waals surface area contributed by atoms with Gasteiger partial charge in [0.25, 0.3) is 0 Å². The van der Waals surface area contributed by atoms with Crippen molar-refractivity contribution in [1.82, 2.24) is 4.90 Å². The topological polar surface area (TPSA) is 64.8 Å². The predicted molar refractivity (Wildman–Crippen MR) is 99.2 cm³/mol. The van der Waals surface area contributed by atoms with Gasteiger partial charge in [0, 0.05) is 7.05 Å². The molecule has 0 saturated carbocycles. The first-order valence-corrected chi connectivity index (χ1v) is 7.97. The smallest absolute Gasteiger partial charge is 0.246 e. The average Bonchev–Trinajstić information content (AvgIpc) is 2.61. The van der Waals surface area contributed by atoms with E-state index in [0.29, 0.717) is 18.9 Å². The molecule has 0 aromatic heterocycles. The Morgan fingerprint density at radius 1 is 1.16 bits per heavy atom. The van der Waals surface area contributed by atoms with E-state index < -0.39 is 5.54 Å². The summed E-state index contributed by atoms with van der Waals surface area (Å²) in [5, 5.41) is 0. The molecular formula is C19H23ClN2O3. The van der Waals surface area contributed by atoms with Crippen molar-refractivity contribution in [2.75, 3.05) is 20.2 Å². The summed E-state index contributed by atoms with van der Waals surface area (Å²) in [6.45, 7) is 2.54. The Kier molecular flexibility index (Phi) is 5.93. The molecule has 2 aromatic rings. The monoisotopic (exact) mass is 362 g/mol. The number of nitrogens with two attached hydrogens (primary N) is 1. The number of ether oxygens (including phenoxy) is 2. The molecule has 3 rings (SSSR count). The highest BCUT2D eigenvalue weighted by Gasteiger charge is 2.34. The van der Waals surface area contributed by atoms with Gasteiger partial charge in [0.05, 0.1) is 6.54 Å². The molecule has 134 valence electrons. The maximum absolute atomic E-state index is 12.8. The van der Waals surface area contributed by atoms with E-state index in [-0.39, 0.29) is 24.4 Å². The van der Waals surface area contributed by atoms with E-state index >= 15 is 0 Å². The third-order valence-corrected chi connectivity index (χ3v) is 4.21. The minimum absolute atomic E-state index is 0. The van der Waals surface area contributed by atoms with Crippen LogP contribution in [0.25, 0.3) is 0 Å². The molecule has 0 radical (unpaired) electrons. The Morgan fingerprint density at radius 3 is 2.44 bits per heavy atom. The molecular weight excluding hydrogens is 340 g/mol. The molecule has 0 fully saturated rings. The van der Waals surface area contributed by atoms with Gasteiger partial charge < -0.3 is 20.1 Å². The van der Waals surface area contributed by atoms with E-state index in [1.807, 2.05) is 54.6 Å². The van der Waals surface area contributed by atoms with Gasteiger partial charge in [-0.25, -0.2) is 0 Å². The van der Waals surface area contributed by atoms with Gasteiger partial charge in [-0.2, -0.15) is 0 Å². The van der Waals surface area contributed by atoms with Crippen LogP contribution < -0.4 is 15.2 Å². The van der Waals surface area contributed by atoms with Crippen molar-refractivity contribution in [2.24, 2.45) is 5.73 Å². The van der Waals surface area contributed by atoms with Crippen LogP contribution in [-0.4, -0.2) is 37.1 Å². The van der Waals surface area contributed by atoms with Crippen LogP contribution >= 0.6 is 12.4 Å². The van der Waals surface area contributed by atoms with E-state index in [0.717, 1.165) is 11.3 Å². The zero-order chi connectivity index (χ0) is 17.2. The first-order valence-electron chi connectivity index (χ1n) is 7.97. The van der Waals surface area contributed by atoms with E-state index in [4.69, 9.17) is 15.2 Å². The molecule has 1 aliphatic rings. The molecule has 2 atom stereocenters. The Balaban J connectivity index is 0.00000225. The van der Waals surface area contributed by atoms with Crippen molar-refractivity contribution >= 4 is 18.3 Å². The van der Waals surface area contributed by atoms with Crippen molar-refractivity contribution < 1.29 is 14.3 Å². The number of para-hydroxylation sites is 2. The number of carbonyl (C=O) groups is 1. The lowest BCUT2D eigenvalue weighted by Crippen LogP contribution is -2.52. The third-order valence-electron chi connectivity index (χ3n) is 4.21. The first-order chi connectivity index (χ1) is 11.5. The summed E-state index contributed by atoms with van der Waals surface area (Å²) in [6.07, 6.45) is -0.222. The molecule has 0 bridgehead atoms. The summed E-state index contributed by atoms with van der Waals surface area (Å²) < 4.78 is 11.6. The number of halogens is 1. The van der Waals surface area contributed by atoms with Crippen LogP contribution in [0.4, 0.5) is 0 Å². The summed E-state index contributed by atoms with van der Waals surface area (Å²) >= 11 is 0. The van der Waals surface area contributed by atoms with Crippen LogP contribution in [0.1, 0.15) is 12.5 Å². The number of nitrogens with zero attached hydrogens (tertiary/aromatic N) is 1. The Bertz CT molecular complexity index is 722. The van der Waals surface area contributed by atoms with Crippen LogP contribution in [0.3, 0.4) is 0 Å².